The standard InChI is InChI=1S/C13H18N2O2/c1-5-13(4,17)9-8-11-6-7-12(16)15(14-11)10(2)3/h6-7,10,17H,5H2,1-4H3. The summed E-state index contributed by atoms with van der Waals surface area (Å²) >= 11 is 0. The van der Waals surface area contributed by atoms with Crippen molar-refractivity contribution in [2.24, 2.45) is 0 Å². The molecule has 1 rings (SSSR count). The quantitative estimate of drug-likeness (QED) is 0.786. The van der Waals surface area contributed by atoms with Crippen LogP contribution in [0.3, 0.4) is 0 Å². The highest BCUT2D eigenvalue weighted by Gasteiger charge is 2.12. The first-order valence-corrected chi connectivity index (χ1v) is 5.71. The van der Waals surface area contributed by atoms with Gasteiger partial charge < -0.3 is 5.11 Å². The van der Waals surface area contributed by atoms with Crippen molar-refractivity contribution >= 4 is 0 Å². The molecule has 0 amide bonds. The highest BCUT2D eigenvalue weighted by Crippen LogP contribution is 2.06. The van der Waals surface area contributed by atoms with Crippen LogP contribution in [0, 0.1) is 11.8 Å². The molecule has 1 N–H and O–H groups in total. The van der Waals surface area contributed by atoms with Gasteiger partial charge in [-0.05, 0) is 39.2 Å². The van der Waals surface area contributed by atoms with E-state index >= 15 is 0 Å². The molecule has 1 aromatic rings. The van der Waals surface area contributed by atoms with Crippen molar-refractivity contribution in [2.75, 3.05) is 0 Å². The number of nitrogens with zero attached hydrogens (tertiary/aromatic N) is 2. The first-order valence-electron chi connectivity index (χ1n) is 5.71. The topological polar surface area (TPSA) is 55.1 Å². The van der Waals surface area contributed by atoms with Crippen molar-refractivity contribution < 1.29 is 5.11 Å². The van der Waals surface area contributed by atoms with E-state index in [1.54, 1.807) is 13.0 Å². The lowest BCUT2D eigenvalue weighted by Gasteiger charge is -2.12. The summed E-state index contributed by atoms with van der Waals surface area (Å²) in [5, 5.41) is 13.9. The van der Waals surface area contributed by atoms with Crippen LogP contribution in [-0.2, 0) is 0 Å². The summed E-state index contributed by atoms with van der Waals surface area (Å²) in [6.45, 7) is 7.28. The van der Waals surface area contributed by atoms with Gasteiger partial charge in [0, 0.05) is 6.07 Å². The molecule has 0 aromatic carbocycles. The molecule has 0 fully saturated rings. The molecule has 1 aromatic heterocycles. The van der Waals surface area contributed by atoms with E-state index < -0.39 is 5.60 Å². The first kappa shape index (κ1) is 13.5. The van der Waals surface area contributed by atoms with Crippen molar-refractivity contribution in [3.05, 3.63) is 28.2 Å². The van der Waals surface area contributed by atoms with E-state index in [0.29, 0.717) is 12.1 Å². The molecule has 0 spiro atoms. The zero-order valence-electron chi connectivity index (χ0n) is 10.7. The van der Waals surface area contributed by atoms with Crippen molar-refractivity contribution in [3.8, 4) is 11.8 Å². The average Bonchev–Trinajstić information content (AvgIpc) is 2.27. The van der Waals surface area contributed by atoms with Gasteiger partial charge in [0.1, 0.15) is 11.3 Å². The summed E-state index contributed by atoms with van der Waals surface area (Å²) in [6.07, 6.45) is 0.545. The smallest absolute Gasteiger partial charge is 0.267 e. The summed E-state index contributed by atoms with van der Waals surface area (Å²) in [5.41, 5.74) is -0.666. The summed E-state index contributed by atoms with van der Waals surface area (Å²) in [7, 11) is 0. The van der Waals surface area contributed by atoms with Crippen molar-refractivity contribution in [1.82, 2.24) is 9.78 Å². The van der Waals surface area contributed by atoms with Gasteiger partial charge in [-0.3, -0.25) is 4.79 Å². The van der Waals surface area contributed by atoms with Gasteiger partial charge in [-0.2, -0.15) is 5.10 Å². The lowest BCUT2D eigenvalue weighted by Crippen LogP contribution is -2.24. The highest BCUT2D eigenvalue weighted by atomic mass is 16.3. The molecule has 92 valence electrons. The Kier molecular flexibility index (Phi) is 4.08. The van der Waals surface area contributed by atoms with Gasteiger partial charge in [0.25, 0.3) is 5.56 Å². The predicted octanol–water partition coefficient (Wildman–Crippen LogP) is 1.34. The van der Waals surface area contributed by atoms with Gasteiger partial charge in [-0.25, -0.2) is 4.68 Å². The van der Waals surface area contributed by atoms with Crippen LogP contribution in [0.25, 0.3) is 0 Å². The molecule has 0 aliphatic rings. The number of rotatable bonds is 2. The second-order valence-electron chi connectivity index (χ2n) is 4.47. The normalized spacial score (nSPS) is 14.0. The molecule has 0 saturated carbocycles. The van der Waals surface area contributed by atoms with Gasteiger partial charge in [0.05, 0.1) is 6.04 Å². The summed E-state index contributed by atoms with van der Waals surface area (Å²) < 4.78 is 1.38. The zero-order valence-corrected chi connectivity index (χ0v) is 10.7. The maximum atomic E-state index is 11.5. The van der Waals surface area contributed by atoms with Crippen LogP contribution in [0.1, 0.15) is 45.9 Å². The molecular formula is C13H18N2O2. The second kappa shape index (κ2) is 5.15. The lowest BCUT2D eigenvalue weighted by molar-refractivity contribution is 0.118. The van der Waals surface area contributed by atoms with E-state index in [0.717, 1.165) is 0 Å². The van der Waals surface area contributed by atoms with Gasteiger partial charge in [0.15, 0.2) is 0 Å². The largest absolute Gasteiger partial charge is 0.378 e. The number of hydrogen-bond donors (Lipinski definition) is 1. The molecule has 4 heteroatoms. The van der Waals surface area contributed by atoms with E-state index in [2.05, 4.69) is 16.9 Å². The Morgan fingerprint density at radius 2 is 2.18 bits per heavy atom. The Morgan fingerprint density at radius 1 is 1.53 bits per heavy atom. The van der Waals surface area contributed by atoms with E-state index in [-0.39, 0.29) is 11.6 Å². The van der Waals surface area contributed by atoms with Crippen LogP contribution in [0.15, 0.2) is 16.9 Å². The molecule has 17 heavy (non-hydrogen) atoms. The highest BCUT2D eigenvalue weighted by molar-refractivity contribution is 5.28. The summed E-state index contributed by atoms with van der Waals surface area (Å²) in [6, 6.07) is 3.01. The predicted molar refractivity (Wildman–Crippen MR) is 66.7 cm³/mol. The molecule has 4 nitrogen and oxygen atoms in total. The minimum atomic E-state index is -1.01. The SMILES string of the molecule is CCC(C)(O)C#Cc1ccc(=O)n(C(C)C)n1. The molecule has 0 bridgehead atoms. The summed E-state index contributed by atoms with van der Waals surface area (Å²) in [5.74, 6) is 5.53. The van der Waals surface area contributed by atoms with Crippen LogP contribution >= 0.6 is 0 Å². The Hall–Kier alpha value is -1.60. The Labute approximate surface area is 101 Å². The third-order valence-corrected chi connectivity index (χ3v) is 2.46. The molecule has 0 saturated heterocycles. The Morgan fingerprint density at radius 3 is 2.71 bits per heavy atom. The molecule has 1 unspecified atom stereocenters. The van der Waals surface area contributed by atoms with Crippen LogP contribution in [-0.4, -0.2) is 20.5 Å². The van der Waals surface area contributed by atoms with Gasteiger partial charge in [-0.15, -0.1) is 0 Å². The first-order chi connectivity index (χ1) is 7.85. The number of aromatic nitrogens is 2. The fourth-order valence-corrected chi connectivity index (χ4v) is 1.15. The number of aliphatic hydroxyl groups is 1. The minimum Gasteiger partial charge on any atom is -0.378 e. The molecule has 1 heterocycles. The fraction of sp³-hybridized carbons (Fsp3) is 0.538. The Bertz CT molecular complexity index is 504. The third-order valence-electron chi connectivity index (χ3n) is 2.46. The second-order valence-corrected chi connectivity index (χ2v) is 4.47. The monoisotopic (exact) mass is 234 g/mol. The maximum Gasteiger partial charge on any atom is 0.267 e. The van der Waals surface area contributed by atoms with Crippen LogP contribution < -0.4 is 5.56 Å². The lowest BCUT2D eigenvalue weighted by atomic mass is 10.1. The minimum absolute atomic E-state index is 0.00376. The van der Waals surface area contributed by atoms with Crippen LogP contribution in [0.2, 0.25) is 0 Å². The molecule has 1 atom stereocenters. The molecule has 0 aliphatic heterocycles. The zero-order chi connectivity index (χ0) is 13.1. The van der Waals surface area contributed by atoms with Gasteiger partial charge in [-0.1, -0.05) is 12.8 Å². The van der Waals surface area contributed by atoms with Gasteiger partial charge >= 0.3 is 0 Å². The van der Waals surface area contributed by atoms with Crippen molar-refractivity contribution in [1.29, 1.82) is 0 Å². The van der Waals surface area contributed by atoms with E-state index in [1.807, 2.05) is 20.8 Å². The summed E-state index contributed by atoms with van der Waals surface area (Å²) in [4.78, 5) is 11.5. The molecule has 0 aliphatic carbocycles. The maximum absolute atomic E-state index is 11.5. The van der Waals surface area contributed by atoms with Crippen LogP contribution in [0.4, 0.5) is 0 Å². The van der Waals surface area contributed by atoms with E-state index in [1.165, 1.54) is 10.7 Å². The number of hydrogen-bond acceptors (Lipinski definition) is 3. The van der Waals surface area contributed by atoms with E-state index in [4.69, 9.17) is 0 Å². The van der Waals surface area contributed by atoms with Gasteiger partial charge in [0.2, 0.25) is 0 Å². The molecular weight excluding hydrogens is 216 g/mol. The van der Waals surface area contributed by atoms with Crippen molar-refractivity contribution in [3.63, 3.8) is 0 Å². The fourth-order valence-electron chi connectivity index (χ4n) is 1.15. The van der Waals surface area contributed by atoms with Crippen LogP contribution in [0.5, 0.6) is 0 Å². The Balaban J connectivity index is 3.10. The third kappa shape index (κ3) is 3.72. The van der Waals surface area contributed by atoms with Crippen molar-refractivity contribution in [2.45, 2.75) is 45.8 Å². The van der Waals surface area contributed by atoms with E-state index in [9.17, 15) is 9.90 Å². The average molecular weight is 234 g/mol. The molecule has 0 radical (unpaired) electrons.